The molecule has 3 heterocycles. The molecule has 1 atom stereocenters. The molecule has 8 heteroatoms. The molecule has 2 aliphatic rings. The van der Waals surface area contributed by atoms with E-state index in [1.54, 1.807) is 12.4 Å². The summed E-state index contributed by atoms with van der Waals surface area (Å²) in [6.45, 7) is 5.20. The number of aromatic nitrogens is 1. The van der Waals surface area contributed by atoms with Gasteiger partial charge in [-0.15, -0.1) is 13.2 Å². The smallest absolute Gasteiger partial charge is 0.406 e. The summed E-state index contributed by atoms with van der Waals surface area (Å²) in [6.07, 6.45) is 0.942. The van der Waals surface area contributed by atoms with E-state index in [0.717, 1.165) is 31.6 Å². The van der Waals surface area contributed by atoms with Gasteiger partial charge >= 0.3 is 6.36 Å². The van der Waals surface area contributed by atoms with Gasteiger partial charge in [0.25, 0.3) is 0 Å². The van der Waals surface area contributed by atoms with Crippen molar-refractivity contribution in [2.24, 2.45) is 5.41 Å². The second-order valence-electron chi connectivity index (χ2n) is 8.64. The lowest BCUT2D eigenvalue weighted by molar-refractivity contribution is -0.274. The predicted octanol–water partition coefficient (Wildman–Crippen LogP) is 3.77. The van der Waals surface area contributed by atoms with Gasteiger partial charge < -0.3 is 19.6 Å². The van der Waals surface area contributed by atoms with Crippen LogP contribution in [0.25, 0.3) is 0 Å². The molecule has 0 aliphatic carbocycles. The number of hydrogen-bond donors (Lipinski definition) is 1. The number of anilines is 1. The van der Waals surface area contributed by atoms with Crippen molar-refractivity contribution in [2.45, 2.75) is 31.7 Å². The second-order valence-corrected chi connectivity index (χ2v) is 8.64. The van der Waals surface area contributed by atoms with Gasteiger partial charge in [0.1, 0.15) is 11.4 Å². The van der Waals surface area contributed by atoms with Gasteiger partial charge in [-0.05, 0) is 43.7 Å². The number of alkyl halides is 3. The van der Waals surface area contributed by atoms with E-state index in [4.69, 9.17) is 0 Å². The fourth-order valence-electron chi connectivity index (χ4n) is 4.91. The zero-order valence-corrected chi connectivity index (χ0v) is 17.1. The molecule has 0 radical (unpaired) electrons. The van der Waals surface area contributed by atoms with Crippen LogP contribution in [0.2, 0.25) is 0 Å². The molecule has 4 rings (SSSR count). The molecule has 0 bridgehead atoms. The highest BCUT2D eigenvalue weighted by molar-refractivity contribution is 5.51. The van der Waals surface area contributed by atoms with Gasteiger partial charge in [0.05, 0.1) is 11.9 Å². The summed E-state index contributed by atoms with van der Waals surface area (Å²) < 4.78 is 41.6. The molecule has 2 fully saturated rings. The number of halogens is 3. The van der Waals surface area contributed by atoms with Crippen LogP contribution in [0.15, 0.2) is 42.7 Å². The largest absolute Gasteiger partial charge is 0.573 e. The Hall–Kier alpha value is -2.32. The van der Waals surface area contributed by atoms with Gasteiger partial charge in [-0.25, -0.2) is 0 Å². The summed E-state index contributed by atoms with van der Waals surface area (Å²) in [5.41, 5.74) is 0.204. The summed E-state index contributed by atoms with van der Waals surface area (Å²) in [5.74, 6) is -0.312. The van der Waals surface area contributed by atoms with E-state index in [-0.39, 0.29) is 5.75 Å². The average molecular weight is 421 g/mol. The number of nitrogens with zero attached hydrogens (tertiary/aromatic N) is 3. The van der Waals surface area contributed by atoms with E-state index >= 15 is 0 Å². The van der Waals surface area contributed by atoms with Crippen LogP contribution in [0, 0.1) is 5.41 Å². The summed E-state index contributed by atoms with van der Waals surface area (Å²) in [6, 6.07) is 7.47. The molecule has 0 amide bonds. The van der Waals surface area contributed by atoms with E-state index < -0.39 is 17.4 Å². The average Bonchev–Trinajstić information content (AvgIpc) is 3.20. The number of rotatable bonds is 5. The van der Waals surface area contributed by atoms with Gasteiger partial charge in [-0.1, -0.05) is 19.1 Å². The van der Waals surface area contributed by atoms with E-state index in [1.165, 1.54) is 24.3 Å². The molecule has 5 nitrogen and oxygen atoms in total. The monoisotopic (exact) mass is 421 g/mol. The van der Waals surface area contributed by atoms with Gasteiger partial charge in [-0.3, -0.25) is 4.98 Å². The number of aliphatic hydroxyl groups is 1. The van der Waals surface area contributed by atoms with Crippen molar-refractivity contribution in [2.75, 3.05) is 38.1 Å². The van der Waals surface area contributed by atoms with Crippen LogP contribution in [0.5, 0.6) is 5.75 Å². The molecule has 2 saturated heterocycles. The minimum atomic E-state index is -4.76. The molecule has 1 aromatic carbocycles. The number of benzene rings is 1. The lowest BCUT2D eigenvalue weighted by Gasteiger charge is -2.55. The standard InChI is InChI=1S/C22H26F3N3O2/c1-20(14-27(2)15-20)21(29,16-5-7-19(8-6-16)30-22(23,24)25)17-11-18(13-26-12-17)28-9-3-4-10-28/h5-8,11-13,29H,3-4,9-10,14-15H2,1-2H3/t21-/m0/s1. The van der Waals surface area contributed by atoms with Crippen LogP contribution >= 0.6 is 0 Å². The molecule has 1 N–H and O–H groups in total. The second kappa shape index (κ2) is 7.42. The van der Waals surface area contributed by atoms with Crippen LogP contribution in [0.3, 0.4) is 0 Å². The van der Waals surface area contributed by atoms with E-state index in [2.05, 4.69) is 19.5 Å². The quantitative estimate of drug-likeness (QED) is 0.797. The molecule has 1 aromatic heterocycles. The highest BCUT2D eigenvalue weighted by Gasteiger charge is 2.55. The van der Waals surface area contributed by atoms with Crippen molar-refractivity contribution in [1.29, 1.82) is 0 Å². The maximum atomic E-state index is 12.5. The molecule has 2 aliphatic heterocycles. The molecule has 0 spiro atoms. The number of likely N-dealkylation sites (tertiary alicyclic amines) is 1. The molecular formula is C22H26F3N3O2. The van der Waals surface area contributed by atoms with Crippen LogP contribution in [-0.2, 0) is 5.60 Å². The van der Waals surface area contributed by atoms with Crippen molar-refractivity contribution in [1.82, 2.24) is 9.88 Å². The maximum absolute atomic E-state index is 12.5. The lowest BCUT2D eigenvalue weighted by atomic mass is 9.62. The van der Waals surface area contributed by atoms with E-state index in [9.17, 15) is 18.3 Å². The maximum Gasteiger partial charge on any atom is 0.573 e. The molecule has 0 saturated carbocycles. The highest BCUT2D eigenvalue weighted by Crippen LogP contribution is 2.50. The van der Waals surface area contributed by atoms with Crippen LogP contribution in [-0.4, -0.2) is 54.6 Å². The Morgan fingerprint density at radius 2 is 1.67 bits per heavy atom. The Kier molecular flexibility index (Phi) is 5.18. The van der Waals surface area contributed by atoms with Gasteiger partial charge in [0, 0.05) is 43.4 Å². The van der Waals surface area contributed by atoms with E-state index in [0.29, 0.717) is 24.2 Å². The summed E-state index contributed by atoms with van der Waals surface area (Å²) in [7, 11) is 1.97. The Balaban J connectivity index is 1.74. The van der Waals surface area contributed by atoms with Gasteiger partial charge in [-0.2, -0.15) is 0 Å². The summed E-state index contributed by atoms with van der Waals surface area (Å²) in [4.78, 5) is 8.73. The first-order valence-electron chi connectivity index (χ1n) is 10.1. The minimum Gasteiger partial charge on any atom is -0.406 e. The predicted molar refractivity (Wildman–Crippen MR) is 107 cm³/mol. The van der Waals surface area contributed by atoms with Crippen molar-refractivity contribution < 1.29 is 23.0 Å². The van der Waals surface area contributed by atoms with Crippen LogP contribution in [0.4, 0.5) is 18.9 Å². The fraction of sp³-hybridized carbons (Fsp3) is 0.500. The number of pyridine rings is 1. The number of ether oxygens (including phenoxy) is 1. The topological polar surface area (TPSA) is 48.8 Å². The molecule has 0 unspecified atom stereocenters. The highest BCUT2D eigenvalue weighted by atomic mass is 19.4. The summed E-state index contributed by atoms with van der Waals surface area (Å²) >= 11 is 0. The first-order chi connectivity index (χ1) is 14.1. The third kappa shape index (κ3) is 3.74. The molecular weight excluding hydrogens is 395 g/mol. The van der Waals surface area contributed by atoms with Crippen molar-refractivity contribution >= 4 is 5.69 Å². The molecule has 162 valence electrons. The number of hydrogen-bond acceptors (Lipinski definition) is 5. The van der Waals surface area contributed by atoms with Crippen molar-refractivity contribution in [3.63, 3.8) is 0 Å². The molecule has 2 aromatic rings. The zero-order valence-electron chi connectivity index (χ0n) is 17.1. The van der Waals surface area contributed by atoms with E-state index in [1.807, 2.05) is 20.0 Å². The SMILES string of the molecule is CN1CC(C)([C@](O)(c2ccc(OC(F)(F)F)cc2)c2cncc(N3CCCC3)c2)C1. The lowest BCUT2D eigenvalue weighted by Crippen LogP contribution is -2.63. The molecule has 30 heavy (non-hydrogen) atoms. The Morgan fingerprint density at radius 3 is 2.23 bits per heavy atom. The first kappa shape index (κ1) is 20.9. The van der Waals surface area contributed by atoms with Crippen LogP contribution < -0.4 is 9.64 Å². The summed E-state index contributed by atoms with van der Waals surface area (Å²) in [5, 5.41) is 12.1. The minimum absolute atomic E-state index is 0.312. The van der Waals surface area contributed by atoms with Gasteiger partial charge in [0.15, 0.2) is 0 Å². The van der Waals surface area contributed by atoms with Crippen molar-refractivity contribution in [3.8, 4) is 5.75 Å². The Morgan fingerprint density at radius 1 is 1.03 bits per heavy atom. The third-order valence-corrected chi connectivity index (χ3v) is 6.23. The Labute approximate surface area is 174 Å². The first-order valence-corrected chi connectivity index (χ1v) is 10.1. The zero-order chi connectivity index (χ0) is 21.6. The Bertz CT molecular complexity index is 891. The third-order valence-electron chi connectivity index (χ3n) is 6.23. The van der Waals surface area contributed by atoms with Crippen LogP contribution in [0.1, 0.15) is 30.9 Å². The van der Waals surface area contributed by atoms with Gasteiger partial charge in [0.2, 0.25) is 0 Å². The normalized spacial score (nSPS) is 21.2. The fourth-order valence-corrected chi connectivity index (χ4v) is 4.91. The van der Waals surface area contributed by atoms with Crippen molar-refractivity contribution in [3.05, 3.63) is 53.9 Å².